The van der Waals surface area contributed by atoms with Gasteiger partial charge in [-0.2, -0.15) is 0 Å². The Morgan fingerprint density at radius 3 is 2.02 bits per heavy atom. The van der Waals surface area contributed by atoms with Crippen molar-refractivity contribution in [3.05, 3.63) is 144 Å². The predicted octanol–water partition coefficient (Wildman–Crippen LogP) is 14.9. The molecule has 4 aliphatic carbocycles. The fourth-order valence-electron chi connectivity index (χ4n) is 12.2. The molecule has 6 heteroatoms. The Kier molecular flexibility index (Phi) is 12.3. The van der Waals surface area contributed by atoms with Crippen LogP contribution in [0.4, 0.5) is 0 Å². The number of hydrogen-bond donors (Lipinski definition) is 0. The van der Waals surface area contributed by atoms with Gasteiger partial charge in [0.25, 0.3) is 0 Å². The van der Waals surface area contributed by atoms with Crippen LogP contribution in [0, 0.1) is 41.7 Å². The molecular formula is C57H61GeIrN3O-2. The molecule has 0 aliphatic heterocycles. The largest absolute Gasteiger partial charge is 0 e. The first-order valence-electron chi connectivity index (χ1n) is 23.3. The van der Waals surface area contributed by atoms with Crippen LogP contribution in [0.1, 0.15) is 101 Å². The zero-order valence-corrected chi connectivity index (χ0v) is 42.7. The van der Waals surface area contributed by atoms with Crippen molar-refractivity contribution in [2.24, 2.45) is 29.6 Å². The molecule has 3 heterocycles. The first kappa shape index (κ1) is 43.9. The van der Waals surface area contributed by atoms with E-state index in [2.05, 4.69) is 148 Å². The minimum atomic E-state index is -1.99. The number of benzene rings is 5. The van der Waals surface area contributed by atoms with Crippen LogP contribution < -0.4 is 4.40 Å². The molecule has 8 aromatic rings. The molecule has 0 amide bonds. The Bertz CT molecular complexity index is 2850. The maximum atomic E-state index is 6.40. The van der Waals surface area contributed by atoms with Crippen LogP contribution in [-0.4, -0.2) is 27.8 Å². The maximum Gasteiger partial charge on any atom is 0 e. The van der Waals surface area contributed by atoms with Crippen LogP contribution >= 0.6 is 0 Å². The van der Waals surface area contributed by atoms with Crippen LogP contribution in [-0.2, 0) is 20.1 Å². The van der Waals surface area contributed by atoms with Crippen molar-refractivity contribution in [3.8, 4) is 28.3 Å². The molecule has 4 fully saturated rings. The van der Waals surface area contributed by atoms with E-state index in [-0.39, 0.29) is 20.1 Å². The monoisotopic (exact) mass is 1070 g/mol. The van der Waals surface area contributed by atoms with E-state index >= 15 is 0 Å². The van der Waals surface area contributed by atoms with Gasteiger partial charge in [-0.1, -0.05) is 87.2 Å². The number of hydrogen-bond acceptors (Lipinski definition) is 3. The summed E-state index contributed by atoms with van der Waals surface area (Å²) in [5, 5.41) is 2.20. The molecule has 1 unspecified atom stereocenters. The standard InChI is InChI=1S/C31H27N2O.C26H34GeN.Ir/c1-19(2)21-12-9-13-22(20(3)4)29(21)33-27-17-7-6-16-26(27)32-31(33)25-15-10-14-24-23-11-5-8-18-28(23)34-30(24)25;1-17(26-21-11-18-10-19(13-21)14-22(26)12-18)23-15-25(20-8-6-5-7-9-20)28-16-24(23)27(2,3)4;/h5-14,16-20H,1-4H3;5-8,15-19,21-22,26H,10-14H2,1-4H3;/q2*-1;. The number of fused-ring (bicyclic) bond motifs is 4. The summed E-state index contributed by atoms with van der Waals surface area (Å²) in [6.45, 7) is 11.6. The summed E-state index contributed by atoms with van der Waals surface area (Å²) in [6, 6.07) is 44.9. The normalized spacial score (nSPS) is 21.0. The smallest absolute Gasteiger partial charge is 0 e. The van der Waals surface area contributed by atoms with E-state index < -0.39 is 13.3 Å². The van der Waals surface area contributed by atoms with Gasteiger partial charge >= 0.3 is 174 Å². The summed E-state index contributed by atoms with van der Waals surface area (Å²) in [5.74, 6) is 14.8. The average molecular weight is 1070 g/mol. The summed E-state index contributed by atoms with van der Waals surface area (Å²) in [7, 11) is 0. The number of furan rings is 1. The molecular weight excluding hydrogens is 1010 g/mol. The molecule has 1 radical (unpaired) electrons. The summed E-state index contributed by atoms with van der Waals surface area (Å²) >= 11 is -1.99. The number of imidazole rings is 1. The molecule has 4 nitrogen and oxygen atoms in total. The third-order valence-electron chi connectivity index (χ3n) is 14.8. The Labute approximate surface area is 391 Å². The fraction of sp³-hybridized carbons (Fsp3) is 0.368. The van der Waals surface area contributed by atoms with Gasteiger partial charge in [0.2, 0.25) is 0 Å². The Hall–Kier alpha value is -4.29. The zero-order chi connectivity index (χ0) is 42.9. The van der Waals surface area contributed by atoms with Crippen LogP contribution in [0.5, 0.6) is 0 Å². The van der Waals surface area contributed by atoms with Gasteiger partial charge in [-0.25, -0.2) is 0 Å². The molecule has 0 N–H and O–H groups in total. The minimum Gasteiger partial charge on any atom is 0 e. The number of nitrogens with zero attached hydrogens (tertiary/aromatic N) is 3. The molecule has 12 rings (SSSR count). The van der Waals surface area contributed by atoms with E-state index in [4.69, 9.17) is 14.4 Å². The molecule has 1 atom stereocenters. The SMILES string of the molecule is CC(C)c1cccc(C(C)C)c1-n1c(-c2[c-]ccc3c2oc2ccccc23)nc2ccccc21.CC(c1cc(-c2[c-]cccc2)nc[c]1[Ge]([CH3])([CH3])[CH3])C1C2CC3CC(C2)CC1C3.[Ir]. The third kappa shape index (κ3) is 8.10. The summed E-state index contributed by atoms with van der Waals surface area (Å²) < 4.78 is 10.4. The number of aromatic nitrogens is 3. The van der Waals surface area contributed by atoms with E-state index in [1.54, 1.807) is 16.4 Å². The average Bonchev–Trinajstić information content (AvgIpc) is 3.84. The molecule has 4 saturated carbocycles. The van der Waals surface area contributed by atoms with Gasteiger partial charge in [-0.05, 0) is 41.2 Å². The van der Waals surface area contributed by atoms with Gasteiger partial charge in [0, 0.05) is 31.2 Å². The van der Waals surface area contributed by atoms with E-state index in [1.807, 2.05) is 36.4 Å². The van der Waals surface area contributed by atoms with Crippen LogP contribution in [0.25, 0.3) is 61.3 Å². The molecule has 63 heavy (non-hydrogen) atoms. The first-order chi connectivity index (χ1) is 29.9. The van der Waals surface area contributed by atoms with Gasteiger partial charge in [0.1, 0.15) is 5.58 Å². The van der Waals surface area contributed by atoms with Crippen LogP contribution in [0.15, 0.2) is 120 Å². The molecule has 3 aromatic heterocycles. The van der Waals surface area contributed by atoms with Gasteiger partial charge in [-0.3, -0.25) is 4.98 Å². The van der Waals surface area contributed by atoms with E-state index in [1.165, 1.54) is 42.5 Å². The van der Waals surface area contributed by atoms with Gasteiger partial charge in [-0.15, -0.1) is 18.2 Å². The maximum absolute atomic E-state index is 6.40. The second-order valence-corrected chi connectivity index (χ2v) is 31.1. The number of para-hydroxylation sites is 4. The molecule has 0 spiro atoms. The number of rotatable bonds is 8. The Morgan fingerprint density at radius 1 is 0.683 bits per heavy atom. The third-order valence-corrected chi connectivity index (χ3v) is 19.1. The van der Waals surface area contributed by atoms with Crippen molar-refractivity contribution < 1.29 is 24.5 Å². The van der Waals surface area contributed by atoms with Crippen molar-refractivity contribution in [3.63, 3.8) is 0 Å². The summed E-state index contributed by atoms with van der Waals surface area (Å²) in [4.78, 5) is 10.1. The van der Waals surface area contributed by atoms with E-state index in [0.29, 0.717) is 17.8 Å². The summed E-state index contributed by atoms with van der Waals surface area (Å²) in [5.41, 5.74) is 12.4. The van der Waals surface area contributed by atoms with E-state index in [9.17, 15) is 0 Å². The molecule has 0 saturated heterocycles. The van der Waals surface area contributed by atoms with Crippen molar-refractivity contribution >= 4 is 50.6 Å². The molecule has 5 aromatic carbocycles. The van der Waals surface area contributed by atoms with Crippen molar-refractivity contribution in [2.75, 3.05) is 0 Å². The van der Waals surface area contributed by atoms with Crippen molar-refractivity contribution in [2.45, 2.75) is 102 Å². The topological polar surface area (TPSA) is 43.9 Å². The van der Waals surface area contributed by atoms with Gasteiger partial charge in [0.15, 0.2) is 0 Å². The van der Waals surface area contributed by atoms with E-state index in [0.717, 1.165) is 85.2 Å². The Balaban J connectivity index is 0.000000160. The first-order valence-corrected chi connectivity index (χ1v) is 30.7. The van der Waals surface area contributed by atoms with Gasteiger partial charge < -0.3 is 8.98 Å². The number of pyridine rings is 1. The Morgan fingerprint density at radius 2 is 1.35 bits per heavy atom. The molecule has 325 valence electrons. The second-order valence-electron chi connectivity index (χ2n) is 20.5. The molecule has 4 bridgehead atoms. The fourth-order valence-corrected chi connectivity index (χ4v) is 15.6. The minimum absolute atomic E-state index is 0. The quantitative estimate of drug-likeness (QED) is 0.113. The predicted molar refractivity (Wildman–Crippen MR) is 261 cm³/mol. The van der Waals surface area contributed by atoms with Crippen LogP contribution in [0.3, 0.4) is 0 Å². The second kappa shape index (κ2) is 17.6. The zero-order valence-electron chi connectivity index (χ0n) is 38.2. The molecule has 4 aliphatic rings. The van der Waals surface area contributed by atoms with Crippen molar-refractivity contribution in [1.82, 2.24) is 14.5 Å². The van der Waals surface area contributed by atoms with Crippen LogP contribution in [0.2, 0.25) is 17.3 Å². The summed E-state index contributed by atoms with van der Waals surface area (Å²) in [6.07, 6.45) is 9.84. The van der Waals surface area contributed by atoms with Crippen molar-refractivity contribution in [1.29, 1.82) is 0 Å². The van der Waals surface area contributed by atoms with Gasteiger partial charge in [0.05, 0.1) is 22.4 Å².